The van der Waals surface area contributed by atoms with Crippen LogP contribution < -0.4 is 10.1 Å². The molecule has 0 saturated carbocycles. The Bertz CT molecular complexity index is 1030. The van der Waals surface area contributed by atoms with Crippen LogP contribution >= 0.6 is 0 Å². The van der Waals surface area contributed by atoms with E-state index in [0.29, 0.717) is 35.2 Å². The molecule has 1 aromatic heterocycles. The van der Waals surface area contributed by atoms with Crippen LogP contribution in [0.2, 0.25) is 0 Å². The zero-order valence-corrected chi connectivity index (χ0v) is 19.5. The summed E-state index contributed by atoms with van der Waals surface area (Å²) < 4.78 is 11.6. The van der Waals surface area contributed by atoms with Crippen molar-refractivity contribution in [3.63, 3.8) is 0 Å². The van der Waals surface area contributed by atoms with Crippen LogP contribution in [0.3, 0.4) is 0 Å². The van der Waals surface area contributed by atoms with E-state index in [2.05, 4.69) is 43.2 Å². The molecule has 0 aliphatic carbocycles. The van der Waals surface area contributed by atoms with Crippen molar-refractivity contribution in [2.75, 3.05) is 11.9 Å². The molecule has 168 valence electrons. The number of amides is 1. The van der Waals surface area contributed by atoms with Crippen LogP contribution in [-0.2, 0) is 4.74 Å². The molecular weight excluding hydrogens is 400 g/mol. The van der Waals surface area contributed by atoms with Gasteiger partial charge >= 0.3 is 0 Å². The van der Waals surface area contributed by atoms with E-state index in [1.807, 2.05) is 56.3 Å². The summed E-state index contributed by atoms with van der Waals surface area (Å²) in [6.07, 6.45) is 0.859. The highest BCUT2D eigenvalue weighted by atomic mass is 16.5. The summed E-state index contributed by atoms with van der Waals surface area (Å²) in [7, 11) is 0. The third-order valence-corrected chi connectivity index (χ3v) is 5.24. The number of anilines is 1. The molecule has 1 unspecified atom stereocenters. The fourth-order valence-corrected chi connectivity index (χ4v) is 3.29. The zero-order chi connectivity index (χ0) is 23.1. The predicted octanol–water partition coefficient (Wildman–Crippen LogP) is 7.05. The molecule has 0 spiro atoms. The summed E-state index contributed by atoms with van der Waals surface area (Å²) in [4.78, 5) is 17.3. The third-order valence-electron chi connectivity index (χ3n) is 5.24. The van der Waals surface area contributed by atoms with E-state index in [9.17, 15) is 4.79 Å². The highest BCUT2D eigenvalue weighted by molar-refractivity contribution is 6.05. The molecule has 32 heavy (non-hydrogen) atoms. The Labute approximate surface area is 190 Å². The Kier molecular flexibility index (Phi) is 8.01. The fraction of sp³-hybridized carbons (Fsp3) is 0.333. The molecule has 2 aromatic carbocycles. The molecule has 0 saturated heterocycles. The average Bonchev–Trinajstić information content (AvgIpc) is 2.79. The minimum absolute atomic E-state index is 0.0973. The van der Waals surface area contributed by atoms with Gasteiger partial charge in [-0.2, -0.15) is 0 Å². The number of pyridine rings is 1. The number of carbonyl (C=O) groups is 1. The maximum Gasteiger partial charge on any atom is 0.257 e. The Morgan fingerprint density at radius 1 is 0.938 bits per heavy atom. The zero-order valence-electron chi connectivity index (χ0n) is 19.5. The van der Waals surface area contributed by atoms with E-state index in [0.717, 1.165) is 17.9 Å². The number of hydrogen-bond acceptors (Lipinski definition) is 4. The first-order chi connectivity index (χ1) is 15.4. The van der Waals surface area contributed by atoms with Gasteiger partial charge in [-0.05, 0) is 80.3 Å². The molecule has 0 radical (unpaired) electrons. The Balaban J connectivity index is 1.61. The monoisotopic (exact) mass is 432 g/mol. The van der Waals surface area contributed by atoms with Gasteiger partial charge < -0.3 is 14.8 Å². The maximum absolute atomic E-state index is 12.7. The van der Waals surface area contributed by atoms with Crippen molar-refractivity contribution in [1.82, 2.24) is 4.98 Å². The molecule has 0 bridgehead atoms. The Morgan fingerprint density at radius 3 is 2.12 bits per heavy atom. The molecule has 5 nitrogen and oxygen atoms in total. The third kappa shape index (κ3) is 6.17. The van der Waals surface area contributed by atoms with Gasteiger partial charge in [-0.15, -0.1) is 0 Å². The lowest BCUT2D eigenvalue weighted by atomic mass is 10.0. The summed E-state index contributed by atoms with van der Waals surface area (Å²) in [6.45, 7) is 10.9. The molecule has 0 aliphatic heterocycles. The average molecular weight is 433 g/mol. The van der Waals surface area contributed by atoms with Crippen LogP contribution in [0.15, 0.2) is 60.7 Å². The summed E-state index contributed by atoms with van der Waals surface area (Å²) in [5, 5.41) is 2.93. The number of aromatic nitrogens is 1. The highest BCUT2D eigenvalue weighted by Gasteiger charge is 2.14. The Hall–Kier alpha value is -3.18. The minimum Gasteiger partial charge on any atom is -0.457 e. The van der Waals surface area contributed by atoms with Crippen molar-refractivity contribution in [2.45, 2.75) is 53.1 Å². The molecule has 3 rings (SSSR count). The number of benzene rings is 2. The molecule has 1 heterocycles. The van der Waals surface area contributed by atoms with E-state index in [4.69, 9.17) is 9.47 Å². The van der Waals surface area contributed by atoms with Crippen LogP contribution in [0.1, 0.15) is 73.4 Å². The van der Waals surface area contributed by atoms with Crippen LogP contribution in [0.5, 0.6) is 11.5 Å². The van der Waals surface area contributed by atoms with Gasteiger partial charge in [0.15, 0.2) is 0 Å². The number of ether oxygens (including phenoxy) is 2. The predicted molar refractivity (Wildman–Crippen MR) is 129 cm³/mol. The molecule has 0 fully saturated rings. The van der Waals surface area contributed by atoms with Crippen molar-refractivity contribution in [2.24, 2.45) is 0 Å². The summed E-state index contributed by atoms with van der Waals surface area (Å²) in [5.41, 5.74) is 4.02. The molecule has 5 heteroatoms. The van der Waals surface area contributed by atoms with Crippen LogP contribution in [0.4, 0.5) is 5.69 Å². The lowest BCUT2D eigenvalue weighted by Gasteiger charge is -2.14. The van der Waals surface area contributed by atoms with Crippen molar-refractivity contribution >= 4 is 11.6 Å². The van der Waals surface area contributed by atoms with Crippen molar-refractivity contribution in [1.29, 1.82) is 0 Å². The van der Waals surface area contributed by atoms with E-state index >= 15 is 0 Å². The van der Waals surface area contributed by atoms with E-state index in [1.165, 1.54) is 5.56 Å². The lowest BCUT2D eigenvalue weighted by Crippen LogP contribution is -2.15. The highest BCUT2D eigenvalue weighted by Crippen LogP contribution is 2.25. The first-order valence-corrected chi connectivity index (χ1v) is 11.2. The number of nitrogens with one attached hydrogen (secondary N) is 1. The molecule has 3 aromatic rings. The number of carbonyl (C=O) groups excluding carboxylic acids is 1. The summed E-state index contributed by atoms with van der Waals surface area (Å²) >= 11 is 0. The van der Waals surface area contributed by atoms with E-state index in [1.54, 1.807) is 6.07 Å². The second-order valence-corrected chi connectivity index (χ2v) is 8.19. The van der Waals surface area contributed by atoms with Crippen LogP contribution in [0.25, 0.3) is 0 Å². The molecule has 0 aliphatic rings. The van der Waals surface area contributed by atoms with E-state index < -0.39 is 0 Å². The number of nitrogens with zero attached hydrogens (tertiary/aromatic N) is 1. The van der Waals surface area contributed by atoms with Crippen molar-refractivity contribution in [3.8, 4) is 11.5 Å². The van der Waals surface area contributed by atoms with Gasteiger partial charge in [-0.1, -0.05) is 32.9 Å². The molecular formula is C27H32N2O3. The van der Waals surface area contributed by atoms with Gasteiger partial charge in [-0.25, -0.2) is 0 Å². The second kappa shape index (κ2) is 10.9. The van der Waals surface area contributed by atoms with Gasteiger partial charge in [0.25, 0.3) is 5.91 Å². The quantitative estimate of drug-likeness (QED) is 0.394. The number of rotatable bonds is 9. The van der Waals surface area contributed by atoms with Crippen molar-refractivity contribution in [3.05, 3.63) is 83.2 Å². The van der Waals surface area contributed by atoms with Crippen LogP contribution in [-0.4, -0.2) is 17.5 Å². The first-order valence-electron chi connectivity index (χ1n) is 11.2. The fourth-order valence-electron chi connectivity index (χ4n) is 3.29. The van der Waals surface area contributed by atoms with Gasteiger partial charge in [0, 0.05) is 12.3 Å². The lowest BCUT2D eigenvalue weighted by molar-refractivity contribution is 0.0632. The van der Waals surface area contributed by atoms with Gasteiger partial charge in [-0.3, -0.25) is 9.78 Å². The van der Waals surface area contributed by atoms with Crippen molar-refractivity contribution < 1.29 is 14.3 Å². The minimum atomic E-state index is -0.193. The Morgan fingerprint density at radius 2 is 1.56 bits per heavy atom. The maximum atomic E-state index is 12.7. The largest absolute Gasteiger partial charge is 0.457 e. The molecule has 1 amide bonds. The number of hydrogen-bond donors (Lipinski definition) is 1. The molecule has 1 N–H and O–H groups in total. The SMILES string of the molecule is CCCOC(C)c1ccc(C(=O)Nc2ccc(Oc3ccc(C(C)C)cc3)cc2)c(C)n1. The normalized spacial score (nSPS) is 11.9. The topological polar surface area (TPSA) is 60.5 Å². The first kappa shape index (κ1) is 23.5. The van der Waals surface area contributed by atoms with Gasteiger partial charge in [0.05, 0.1) is 23.1 Å². The van der Waals surface area contributed by atoms with E-state index in [-0.39, 0.29) is 12.0 Å². The number of aryl methyl sites for hydroxylation is 1. The standard InChI is InChI=1S/C27H32N2O3/c1-6-17-31-20(5)26-16-15-25(19(4)28-26)27(30)29-22-9-13-24(14-10-22)32-23-11-7-21(8-12-23)18(2)3/h7-16,18,20H,6,17H2,1-5H3,(H,29,30). The summed E-state index contributed by atoms with van der Waals surface area (Å²) in [5.74, 6) is 1.79. The smallest absolute Gasteiger partial charge is 0.257 e. The van der Waals surface area contributed by atoms with Crippen LogP contribution in [0, 0.1) is 6.92 Å². The summed E-state index contributed by atoms with van der Waals surface area (Å²) in [6, 6.07) is 19.1. The second-order valence-electron chi connectivity index (χ2n) is 8.19. The van der Waals surface area contributed by atoms with Gasteiger partial charge in [0.1, 0.15) is 11.5 Å². The molecule has 1 atom stereocenters. The van der Waals surface area contributed by atoms with Gasteiger partial charge in [0.2, 0.25) is 0 Å².